The molecule has 0 aliphatic heterocycles. The Labute approximate surface area is 76.9 Å². The minimum absolute atomic E-state index is 0.214. The third kappa shape index (κ3) is 3.55. The van der Waals surface area contributed by atoms with E-state index in [4.69, 9.17) is 9.79 Å². The van der Waals surface area contributed by atoms with Gasteiger partial charge < -0.3 is 9.79 Å². The van der Waals surface area contributed by atoms with E-state index in [0.29, 0.717) is 5.56 Å². The van der Waals surface area contributed by atoms with Crippen LogP contribution in [-0.4, -0.2) is 9.79 Å². The van der Waals surface area contributed by atoms with Crippen molar-refractivity contribution in [2.75, 3.05) is 0 Å². The maximum absolute atomic E-state index is 10.7. The van der Waals surface area contributed by atoms with Gasteiger partial charge in [0.15, 0.2) is 0 Å². The molecule has 0 amide bonds. The van der Waals surface area contributed by atoms with Crippen LogP contribution in [0.4, 0.5) is 0 Å². The highest BCUT2D eigenvalue weighted by molar-refractivity contribution is 7.50. The van der Waals surface area contributed by atoms with Crippen molar-refractivity contribution in [1.82, 2.24) is 0 Å². The van der Waals surface area contributed by atoms with Gasteiger partial charge in [0.05, 0.1) is 6.16 Å². The van der Waals surface area contributed by atoms with Crippen LogP contribution >= 0.6 is 7.60 Å². The lowest BCUT2D eigenvalue weighted by molar-refractivity contribution is 0.372. The van der Waals surface area contributed by atoms with Crippen molar-refractivity contribution in [3.8, 4) is 0 Å². The Bertz CT molecular complexity index is 354. The van der Waals surface area contributed by atoms with Crippen molar-refractivity contribution in [2.45, 2.75) is 6.16 Å². The fourth-order valence-corrected chi connectivity index (χ4v) is 1.73. The molecule has 1 aromatic carbocycles. The molecule has 4 heteroatoms. The highest BCUT2D eigenvalue weighted by Crippen LogP contribution is 2.39. The van der Waals surface area contributed by atoms with Crippen molar-refractivity contribution in [1.29, 1.82) is 0 Å². The zero-order chi connectivity index (χ0) is 9.90. The minimum Gasteiger partial charge on any atom is -0.324 e. The molecule has 0 spiro atoms. The number of hydrogen-bond donors (Lipinski definition) is 2. The second-order valence-electron chi connectivity index (χ2n) is 2.77. The second kappa shape index (κ2) is 3.88. The van der Waals surface area contributed by atoms with Gasteiger partial charge in [0.1, 0.15) is 0 Å². The van der Waals surface area contributed by atoms with Crippen LogP contribution in [0.15, 0.2) is 30.8 Å². The van der Waals surface area contributed by atoms with Gasteiger partial charge in [-0.15, -0.1) is 0 Å². The lowest BCUT2D eigenvalue weighted by atomic mass is 10.1. The molecular formula is C9H11O3P. The zero-order valence-corrected chi connectivity index (χ0v) is 7.95. The topological polar surface area (TPSA) is 57.5 Å². The second-order valence-corrected chi connectivity index (χ2v) is 4.42. The van der Waals surface area contributed by atoms with E-state index in [-0.39, 0.29) is 6.16 Å². The van der Waals surface area contributed by atoms with E-state index in [1.807, 2.05) is 6.07 Å². The molecule has 0 bridgehead atoms. The normalized spacial score (nSPS) is 11.2. The van der Waals surface area contributed by atoms with Crippen LogP contribution in [0.2, 0.25) is 0 Å². The van der Waals surface area contributed by atoms with E-state index in [1.165, 1.54) is 0 Å². The average molecular weight is 198 g/mol. The molecule has 0 atom stereocenters. The van der Waals surface area contributed by atoms with Gasteiger partial charge in [-0.05, 0) is 11.1 Å². The largest absolute Gasteiger partial charge is 0.329 e. The Morgan fingerprint density at radius 1 is 1.46 bits per heavy atom. The SMILES string of the molecule is C=Cc1cccc(CP(=O)(O)O)c1. The molecule has 0 saturated carbocycles. The number of rotatable bonds is 3. The fourth-order valence-electron chi connectivity index (χ4n) is 1.06. The van der Waals surface area contributed by atoms with E-state index in [9.17, 15) is 4.57 Å². The molecule has 70 valence electrons. The van der Waals surface area contributed by atoms with Gasteiger partial charge >= 0.3 is 7.60 Å². The van der Waals surface area contributed by atoms with Crippen LogP contribution in [0, 0.1) is 0 Å². The van der Waals surface area contributed by atoms with Gasteiger partial charge in [-0.3, -0.25) is 4.57 Å². The molecule has 1 rings (SSSR count). The summed E-state index contributed by atoms with van der Waals surface area (Å²) in [5.74, 6) is 0. The van der Waals surface area contributed by atoms with Crippen LogP contribution in [0.3, 0.4) is 0 Å². The van der Waals surface area contributed by atoms with Gasteiger partial charge in [0.2, 0.25) is 0 Å². The Morgan fingerprint density at radius 2 is 2.15 bits per heavy atom. The molecular weight excluding hydrogens is 187 g/mol. The Kier molecular flexibility index (Phi) is 3.04. The van der Waals surface area contributed by atoms with E-state index in [0.717, 1.165) is 5.56 Å². The van der Waals surface area contributed by atoms with Crippen molar-refractivity contribution in [3.63, 3.8) is 0 Å². The lowest BCUT2D eigenvalue weighted by Crippen LogP contribution is -1.87. The van der Waals surface area contributed by atoms with Crippen LogP contribution in [0.1, 0.15) is 11.1 Å². The molecule has 0 fully saturated rings. The highest BCUT2D eigenvalue weighted by atomic mass is 31.2. The maximum atomic E-state index is 10.7. The molecule has 13 heavy (non-hydrogen) atoms. The zero-order valence-electron chi connectivity index (χ0n) is 7.05. The molecule has 0 saturated heterocycles. The summed E-state index contributed by atoms with van der Waals surface area (Å²) in [6, 6.07) is 6.98. The van der Waals surface area contributed by atoms with E-state index >= 15 is 0 Å². The third-order valence-electron chi connectivity index (χ3n) is 1.58. The molecule has 0 unspecified atom stereocenters. The van der Waals surface area contributed by atoms with Crippen LogP contribution in [0.5, 0.6) is 0 Å². The predicted molar refractivity (Wildman–Crippen MR) is 52.3 cm³/mol. The van der Waals surface area contributed by atoms with E-state index in [2.05, 4.69) is 6.58 Å². The number of benzene rings is 1. The first-order valence-electron chi connectivity index (χ1n) is 3.77. The van der Waals surface area contributed by atoms with Gasteiger partial charge in [-0.1, -0.05) is 36.9 Å². The van der Waals surface area contributed by atoms with Crippen LogP contribution in [-0.2, 0) is 10.7 Å². The van der Waals surface area contributed by atoms with Gasteiger partial charge in [0.25, 0.3) is 0 Å². The molecule has 0 aliphatic carbocycles. The Morgan fingerprint density at radius 3 is 2.69 bits per heavy atom. The number of hydrogen-bond acceptors (Lipinski definition) is 1. The van der Waals surface area contributed by atoms with Crippen molar-refractivity contribution in [3.05, 3.63) is 42.0 Å². The van der Waals surface area contributed by atoms with Gasteiger partial charge in [-0.2, -0.15) is 0 Å². The first kappa shape index (κ1) is 10.2. The fraction of sp³-hybridized carbons (Fsp3) is 0.111. The summed E-state index contributed by atoms with van der Waals surface area (Å²) < 4.78 is 10.7. The first-order chi connectivity index (χ1) is 6.01. The van der Waals surface area contributed by atoms with Crippen molar-refractivity contribution >= 4 is 13.7 Å². The monoisotopic (exact) mass is 198 g/mol. The summed E-state index contributed by atoms with van der Waals surface area (Å²) in [5.41, 5.74) is 1.50. The summed E-state index contributed by atoms with van der Waals surface area (Å²) >= 11 is 0. The molecule has 2 N–H and O–H groups in total. The molecule has 3 nitrogen and oxygen atoms in total. The van der Waals surface area contributed by atoms with Gasteiger partial charge in [-0.25, -0.2) is 0 Å². The van der Waals surface area contributed by atoms with Crippen molar-refractivity contribution < 1.29 is 14.4 Å². The maximum Gasteiger partial charge on any atom is 0.329 e. The Balaban J connectivity index is 2.90. The standard InChI is InChI=1S/C9H11O3P/c1-2-8-4-3-5-9(6-8)7-13(10,11)12/h2-6H,1,7H2,(H2,10,11,12). The van der Waals surface area contributed by atoms with Crippen molar-refractivity contribution in [2.24, 2.45) is 0 Å². The highest BCUT2D eigenvalue weighted by Gasteiger charge is 2.13. The summed E-state index contributed by atoms with van der Waals surface area (Å²) in [6.45, 7) is 3.57. The van der Waals surface area contributed by atoms with E-state index < -0.39 is 7.60 Å². The smallest absolute Gasteiger partial charge is 0.324 e. The summed E-state index contributed by atoms with van der Waals surface area (Å²) in [6.07, 6.45) is 1.43. The van der Waals surface area contributed by atoms with Gasteiger partial charge in [0, 0.05) is 0 Å². The molecule has 0 heterocycles. The first-order valence-corrected chi connectivity index (χ1v) is 5.57. The third-order valence-corrected chi connectivity index (χ3v) is 2.35. The summed E-state index contributed by atoms with van der Waals surface area (Å²) in [5, 5.41) is 0. The minimum atomic E-state index is -3.95. The van der Waals surface area contributed by atoms with E-state index in [1.54, 1.807) is 24.3 Å². The van der Waals surface area contributed by atoms with Crippen LogP contribution in [0.25, 0.3) is 6.08 Å². The quantitative estimate of drug-likeness (QED) is 0.730. The summed E-state index contributed by atoms with van der Waals surface area (Å²) in [4.78, 5) is 17.4. The lowest BCUT2D eigenvalue weighted by Gasteiger charge is -2.04. The average Bonchev–Trinajstić information content (AvgIpc) is 2.01. The molecule has 1 aromatic rings. The Hall–Kier alpha value is -0.890. The molecule has 0 aromatic heterocycles. The van der Waals surface area contributed by atoms with Crippen LogP contribution < -0.4 is 0 Å². The molecule has 0 aliphatic rings. The predicted octanol–water partition coefficient (Wildman–Crippen LogP) is 2.01. The molecule has 0 radical (unpaired) electrons. The summed E-state index contributed by atoms with van der Waals surface area (Å²) in [7, 11) is -3.95.